The Balaban J connectivity index is 1.56. The lowest BCUT2D eigenvalue weighted by Gasteiger charge is -2.13. The van der Waals surface area contributed by atoms with Crippen molar-refractivity contribution in [3.05, 3.63) is 72.0 Å². The summed E-state index contributed by atoms with van der Waals surface area (Å²) in [7, 11) is 1.59. The van der Waals surface area contributed by atoms with Crippen molar-refractivity contribution in [2.75, 3.05) is 7.11 Å². The van der Waals surface area contributed by atoms with Gasteiger partial charge in [0.05, 0.1) is 22.7 Å². The fraction of sp³-hybridized carbons (Fsp3) is 0.250. The molecule has 1 aromatic heterocycles. The number of aryl methyl sites for hydroxylation is 1. The number of nitrogens with zero attached hydrogens (tertiary/aromatic N) is 2. The second-order valence-electron chi connectivity index (χ2n) is 7.32. The molecule has 0 atom stereocenters. The number of nitriles is 1. The molecule has 0 aliphatic heterocycles. The van der Waals surface area contributed by atoms with E-state index in [1.54, 1.807) is 36.8 Å². The van der Waals surface area contributed by atoms with E-state index in [1.807, 2.05) is 18.2 Å². The number of halogens is 3. The van der Waals surface area contributed by atoms with E-state index in [1.165, 1.54) is 16.9 Å². The molecule has 0 spiro atoms. The Morgan fingerprint density at radius 1 is 1.16 bits per heavy atom. The highest BCUT2D eigenvalue weighted by Gasteiger charge is 2.20. The summed E-state index contributed by atoms with van der Waals surface area (Å²) in [5.74, 6) is 1.17. The van der Waals surface area contributed by atoms with Crippen LogP contribution in [0.15, 0.2) is 39.8 Å². The number of hydrogen-bond acceptors (Lipinski definition) is 5. The highest BCUT2D eigenvalue weighted by atomic mass is 79.9. The lowest BCUT2D eigenvalue weighted by atomic mass is 9.96. The topological polar surface area (TPSA) is 54.6 Å². The molecule has 0 radical (unpaired) electrons. The van der Waals surface area contributed by atoms with Gasteiger partial charge in [0, 0.05) is 21.1 Å². The Morgan fingerprint density at radius 3 is 2.72 bits per heavy atom. The van der Waals surface area contributed by atoms with Crippen molar-refractivity contribution >= 4 is 61.7 Å². The standard InChI is InChI=1S/C24H19BrCl2N2O2S/c1-30-21-9-15(12-29-24-17(11-28)16-4-2-3-5-23(16)32-24)18(25)10-22(21)31-13-14-6-7-19(26)20(27)8-14/h6-10,12H,2-5,13H2,1H3. The minimum Gasteiger partial charge on any atom is -0.493 e. The predicted molar refractivity (Wildman–Crippen MR) is 134 cm³/mol. The molecular formula is C24H19BrCl2N2O2S. The molecule has 1 aliphatic carbocycles. The van der Waals surface area contributed by atoms with Crippen LogP contribution in [0.3, 0.4) is 0 Å². The van der Waals surface area contributed by atoms with Crippen LogP contribution in [0.4, 0.5) is 5.00 Å². The third-order valence-electron chi connectivity index (χ3n) is 5.25. The second-order valence-corrected chi connectivity index (χ2v) is 10.1. The molecule has 0 bridgehead atoms. The molecular weight excluding hydrogens is 531 g/mol. The van der Waals surface area contributed by atoms with Crippen molar-refractivity contribution in [2.24, 2.45) is 4.99 Å². The van der Waals surface area contributed by atoms with Gasteiger partial charge in [0.1, 0.15) is 17.7 Å². The third-order valence-corrected chi connectivity index (χ3v) is 7.87. The SMILES string of the molecule is COc1cc(C=Nc2sc3c(c2C#N)CCCC3)c(Br)cc1OCc1ccc(Cl)c(Cl)c1. The Kier molecular flexibility index (Phi) is 7.42. The van der Waals surface area contributed by atoms with Crippen LogP contribution < -0.4 is 9.47 Å². The van der Waals surface area contributed by atoms with E-state index in [2.05, 4.69) is 27.0 Å². The highest BCUT2D eigenvalue weighted by molar-refractivity contribution is 9.10. The van der Waals surface area contributed by atoms with Gasteiger partial charge in [-0.3, -0.25) is 0 Å². The van der Waals surface area contributed by atoms with Gasteiger partial charge in [-0.25, -0.2) is 4.99 Å². The predicted octanol–water partition coefficient (Wildman–Crippen LogP) is 7.91. The van der Waals surface area contributed by atoms with Crippen molar-refractivity contribution in [1.29, 1.82) is 5.26 Å². The van der Waals surface area contributed by atoms with Gasteiger partial charge < -0.3 is 9.47 Å². The van der Waals surface area contributed by atoms with Crippen LogP contribution in [0.25, 0.3) is 0 Å². The Bertz CT molecular complexity index is 1230. The van der Waals surface area contributed by atoms with E-state index in [9.17, 15) is 5.26 Å². The zero-order chi connectivity index (χ0) is 22.7. The van der Waals surface area contributed by atoms with E-state index in [-0.39, 0.29) is 0 Å². The van der Waals surface area contributed by atoms with Crippen molar-refractivity contribution in [3.63, 3.8) is 0 Å². The first-order chi connectivity index (χ1) is 15.5. The number of aliphatic imine (C=N–C) groups is 1. The van der Waals surface area contributed by atoms with Crippen LogP contribution in [0.2, 0.25) is 10.0 Å². The van der Waals surface area contributed by atoms with E-state index in [0.717, 1.165) is 39.9 Å². The molecule has 0 amide bonds. The maximum absolute atomic E-state index is 9.64. The van der Waals surface area contributed by atoms with Crippen LogP contribution in [0.5, 0.6) is 11.5 Å². The Labute approximate surface area is 209 Å². The lowest BCUT2D eigenvalue weighted by Crippen LogP contribution is -1.99. The van der Waals surface area contributed by atoms with Gasteiger partial charge in [-0.05, 0) is 77.0 Å². The molecule has 0 unspecified atom stereocenters. The molecule has 3 aromatic rings. The quantitative estimate of drug-likeness (QED) is 0.293. The van der Waals surface area contributed by atoms with Gasteiger partial charge in [-0.1, -0.05) is 29.3 Å². The van der Waals surface area contributed by atoms with E-state index < -0.39 is 0 Å². The van der Waals surface area contributed by atoms with Crippen LogP contribution in [0.1, 0.15) is 40.0 Å². The number of hydrogen-bond donors (Lipinski definition) is 0. The molecule has 32 heavy (non-hydrogen) atoms. The smallest absolute Gasteiger partial charge is 0.162 e. The number of benzene rings is 2. The first-order valence-electron chi connectivity index (χ1n) is 10.0. The lowest BCUT2D eigenvalue weighted by molar-refractivity contribution is 0.284. The number of methoxy groups -OCH3 is 1. The maximum Gasteiger partial charge on any atom is 0.162 e. The van der Waals surface area contributed by atoms with E-state index in [0.29, 0.717) is 33.7 Å². The normalized spacial score (nSPS) is 13.1. The van der Waals surface area contributed by atoms with Crippen LogP contribution in [-0.4, -0.2) is 13.3 Å². The average Bonchev–Trinajstić information content (AvgIpc) is 3.16. The van der Waals surface area contributed by atoms with Crippen molar-refractivity contribution < 1.29 is 9.47 Å². The first-order valence-corrected chi connectivity index (χ1v) is 12.4. The number of fused-ring (bicyclic) bond motifs is 1. The summed E-state index contributed by atoms with van der Waals surface area (Å²) in [5.41, 5.74) is 3.62. The first kappa shape index (κ1) is 23.1. The molecule has 4 rings (SSSR count). The Morgan fingerprint density at radius 2 is 1.97 bits per heavy atom. The van der Waals surface area contributed by atoms with Crippen LogP contribution in [-0.2, 0) is 19.4 Å². The molecule has 0 fully saturated rings. The zero-order valence-corrected chi connectivity index (χ0v) is 21.2. The number of ether oxygens (including phenoxy) is 2. The summed E-state index contributed by atoms with van der Waals surface area (Å²) in [4.78, 5) is 5.94. The van der Waals surface area contributed by atoms with Crippen molar-refractivity contribution in [3.8, 4) is 17.6 Å². The summed E-state index contributed by atoms with van der Waals surface area (Å²) in [6.45, 7) is 0.319. The molecule has 1 heterocycles. The molecule has 0 saturated heterocycles. The molecule has 164 valence electrons. The molecule has 0 N–H and O–H groups in total. The molecule has 2 aromatic carbocycles. The van der Waals surface area contributed by atoms with E-state index >= 15 is 0 Å². The summed E-state index contributed by atoms with van der Waals surface area (Å²) in [6.07, 6.45) is 6.06. The molecule has 0 saturated carbocycles. The van der Waals surface area contributed by atoms with E-state index in [4.69, 9.17) is 32.7 Å². The van der Waals surface area contributed by atoms with Gasteiger partial charge in [0.2, 0.25) is 0 Å². The van der Waals surface area contributed by atoms with Crippen molar-refractivity contribution in [1.82, 2.24) is 0 Å². The number of thiophene rings is 1. The zero-order valence-electron chi connectivity index (χ0n) is 17.3. The largest absolute Gasteiger partial charge is 0.493 e. The summed E-state index contributed by atoms with van der Waals surface area (Å²) in [5, 5.41) is 11.4. The summed E-state index contributed by atoms with van der Waals surface area (Å²) >= 11 is 17.3. The van der Waals surface area contributed by atoms with Crippen LogP contribution >= 0.6 is 50.5 Å². The van der Waals surface area contributed by atoms with Gasteiger partial charge in [-0.15, -0.1) is 11.3 Å². The second kappa shape index (κ2) is 10.3. The highest BCUT2D eigenvalue weighted by Crippen LogP contribution is 2.40. The summed E-state index contributed by atoms with van der Waals surface area (Å²) in [6, 6.07) is 11.4. The third kappa shape index (κ3) is 4.97. The maximum atomic E-state index is 9.64. The minimum absolute atomic E-state index is 0.319. The fourth-order valence-corrected chi connectivity index (χ4v) is 5.53. The minimum atomic E-state index is 0.319. The molecule has 1 aliphatic rings. The van der Waals surface area contributed by atoms with Gasteiger partial charge >= 0.3 is 0 Å². The summed E-state index contributed by atoms with van der Waals surface area (Å²) < 4.78 is 12.3. The van der Waals surface area contributed by atoms with Gasteiger partial charge in [0.15, 0.2) is 11.5 Å². The van der Waals surface area contributed by atoms with Crippen LogP contribution in [0, 0.1) is 11.3 Å². The average molecular weight is 550 g/mol. The van der Waals surface area contributed by atoms with Gasteiger partial charge in [-0.2, -0.15) is 5.26 Å². The van der Waals surface area contributed by atoms with Crippen molar-refractivity contribution in [2.45, 2.75) is 32.3 Å². The molecule has 8 heteroatoms. The Hall–Kier alpha value is -2.04. The molecule has 4 nitrogen and oxygen atoms in total. The fourth-order valence-electron chi connectivity index (χ4n) is 3.60. The number of rotatable bonds is 6. The monoisotopic (exact) mass is 548 g/mol. The van der Waals surface area contributed by atoms with Gasteiger partial charge in [0.25, 0.3) is 0 Å².